The van der Waals surface area contributed by atoms with E-state index in [4.69, 9.17) is 5.84 Å². The van der Waals surface area contributed by atoms with Crippen LogP contribution in [0.3, 0.4) is 0 Å². The van der Waals surface area contributed by atoms with Gasteiger partial charge in [-0.1, -0.05) is 35.6 Å². The molecule has 3 N–H and O–H groups in total. The first-order valence-electron chi connectivity index (χ1n) is 6.43. The zero-order valence-corrected chi connectivity index (χ0v) is 11.5. The molecule has 2 heterocycles. The Labute approximate surface area is 116 Å². The number of nitrogens with one attached hydrogen (secondary N) is 1. The molecule has 100 valence electrons. The Hall–Kier alpha value is -1.50. The van der Waals surface area contributed by atoms with Gasteiger partial charge in [0.05, 0.1) is 6.54 Å². The molecule has 1 aromatic heterocycles. The van der Waals surface area contributed by atoms with Gasteiger partial charge in [0, 0.05) is 6.54 Å². The number of rotatable bonds is 3. The predicted octanol–water partition coefficient (Wildman–Crippen LogP) is 1.77. The van der Waals surface area contributed by atoms with E-state index in [2.05, 4.69) is 44.8 Å². The van der Waals surface area contributed by atoms with E-state index < -0.39 is 0 Å². The van der Waals surface area contributed by atoms with Gasteiger partial charge >= 0.3 is 0 Å². The number of nitrogens with two attached hydrogens (primary N) is 1. The molecule has 6 heteroatoms. The van der Waals surface area contributed by atoms with Crippen LogP contribution in [0.1, 0.15) is 22.6 Å². The lowest BCUT2D eigenvalue weighted by Crippen LogP contribution is -2.22. The van der Waals surface area contributed by atoms with Crippen molar-refractivity contribution in [2.75, 3.05) is 12.0 Å². The lowest BCUT2D eigenvalue weighted by atomic mass is 10.0. The molecule has 0 saturated carbocycles. The summed E-state index contributed by atoms with van der Waals surface area (Å²) in [5, 5.41) is 9.80. The van der Waals surface area contributed by atoms with Crippen LogP contribution in [0.15, 0.2) is 24.3 Å². The van der Waals surface area contributed by atoms with Gasteiger partial charge < -0.3 is 0 Å². The summed E-state index contributed by atoms with van der Waals surface area (Å²) in [7, 11) is 0. The molecule has 0 unspecified atom stereocenters. The summed E-state index contributed by atoms with van der Waals surface area (Å²) in [5.41, 5.74) is 5.45. The van der Waals surface area contributed by atoms with Crippen LogP contribution >= 0.6 is 11.3 Å². The Kier molecular flexibility index (Phi) is 3.72. The van der Waals surface area contributed by atoms with Crippen molar-refractivity contribution in [3.8, 4) is 0 Å². The van der Waals surface area contributed by atoms with E-state index in [9.17, 15) is 0 Å². The zero-order chi connectivity index (χ0) is 13.1. The Bertz CT molecular complexity index is 553. The van der Waals surface area contributed by atoms with Crippen LogP contribution in [0.4, 0.5) is 5.13 Å². The quantitative estimate of drug-likeness (QED) is 0.660. The van der Waals surface area contributed by atoms with Crippen LogP contribution in [0.5, 0.6) is 0 Å². The highest BCUT2D eigenvalue weighted by atomic mass is 32.1. The van der Waals surface area contributed by atoms with E-state index in [0.29, 0.717) is 5.13 Å². The van der Waals surface area contributed by atoms with Crippen LogP contribution < -0.4 is 11.3 Å². The Morgan fingerprint density at radius 1 is 1.26 bits per heavy atom. The van der Waals surface area contributed by atoms with Crippen molar-refractivity contribution < 1.29 is 0 Å². The van der Waals surface area contributed by atoms with Crippen molar-refractivity contribution in [2.45, 2.75) is 25.9 Å². The minimum atomic E-state index is 0.672. The first kappa shape index (κ1) is 12.5. The molecule has 5 nitrogen and oxygen atoms in total. The van der Waals surface area contributed by atoms with Crippen molar-refractivity contribution in [2.24, 2.45) is 5.84 Å². The molecule has 0 bridgehead atoms. The summed E-state index contributed by atoms with van der Waals surface area (Å²) in [5.74, 6) is 5.33. The van der Waals surface area contributed by atoms with E-state index in [-0.39, 0.29) is 0 Å². The molecule has 19 heavy (non-hydrogen) atoms. The Morgan fingerprint density at radius 2 is 2.11 bits per heavy atom. The number of aromatic nitrogens is 2. The Morgan fingerprint density at radius 3 is 2.89 bits per heavy atom. The number of nitrogen functional groups attached to an aromatic ring is 1. The maximum atomic E-state index is 5.33. The molecule has 0 saturated heterocycles. The van der Waals surface area contributed by atoms with Gasteiger partial charge in [0.1, 0.15) is 5.01 Å². The summed E-state index contributed by atoms with van der Waals surface area (Å²) < 4.78 is 0. The SMILES string of the molecule is NNc1nnc(CN2CCCc3ccccc3C2)s1. The molecular weight excluding hydrogens is 258 g/mol. The van der Waals surface area contributed by atoms with Crippen molar-refractivity contribution >= 4 is 16.5 Å². The number of aryl methyl sites for hydroxylation is 1. The zero-order valence-electron chi connectivity index (χ0n) is 10.7. The number of fused-ring (bicyclic) bond motifs is 1. The number of hydrazine groups is 1. The molecule has 0 amide bonds. The first-order chi connectivity index (χ1) is 9.35. The smallest absolute Gasteiger partial charge is 0.219 e. The number of nitrogens with zero attached hydrogens (tertiary/aromatic N) is 3. The van der Waals surface area contributed by atoms with E-state index in [1.54, 1.807) is 0 Å². The number of anilines is 1. The molecule has 0 radical (unpaired) electrons. The van der Waals surface area contributed by atoms with Gasteiger partial charge in [-0.15, -0.1) is 10.2 Å². The molecule has 0 fully saturated rings. The fourth-order valence-electron chi connectivity index (χ4n) is 2.47. The third-order valence-electron chi connectivity index (χ3n) is 3.38. The predicted molar refractivity (Wildman–Crippen MR) is 76.6 cm³/mol. The minimum absolute atomic E-state index is 0.672. The minimum Gasteiger partial charge on any atom is -0.298 e. The molecule has 2 aromatic rings. The van der Waals surface area contributed by atoms with Gasteiger partial charge in [-0.05, 0) is 30.5 Å². The highest BCUT2D eigenvalue weighted by Crippen LogP contribution is 2.21. The van der Waals surface area contributed by atoms with Gasteiger partial charge in [0.15, 0.2) is 0 Å². The van der Waals surface area contributed by atoms with Gasteiger partial charge in [0.25, 0.3) is 0 Å². The van der Waals surface area contributed by atoms with Crippen LogP contribution in [-0.4, -0.2) is 21.6 Å². The largest absolute Gasteiger partial charge is 0.298 e. The summed E-state index contributed by atoms with van der Waals surface area (Å²) in [6.45, 7) is 2.93. The third-order valence-corrected chi connectivity index (χ3v) is 4.22. The first-order valence-corrected chi connectivity index (χ1v) is 7.25. The standard InChI is InChI=1S/C13H17N5S/c14-15-13-17-16-12(19-13)9-18-7-3-6-10-4-1-2-5-11(10)8-18/h1-2,4-5H,3,6-9,14H2,(H,15,17). The summed E-state index contributed by atoms with van der Waals surface area (Å²) >= 11 is 1.51. The highest BCUT2D eigenvalue weighted by Gasteiger charge is 2.15. The van der Waals surface area contributed by atoms with Crippen LogP contribution in [0.2, 0.25) is 0 Å². The second kappa shape index (κ2) is 5.64. The molecule has 1 aromatic carbocycles. The number of hydrogen-bond acceptors (Lipinski definition) is 6. The maximum Gasteiger partial charge on any atom is 0.219 e. The second-order valence-corrected chi connectivity index (χ2v) is 5.79. The monoisotopic (exact) mass is 275 g/mol. The van der Waals surface area contributed by atoms with Crippen molar-refractivity contribution in [3.05, 3.63) is 40.4 Å². The molecule has 1 aliphatic rings. The molecule has 0 atom stereocenters. The van der Waals surface area contributed by atoms with Crippen molar-refractivity contribution in [1.82, 2.24) is 15.1 Å². The summed E-state index contributed by atoms with van der Waals surface area (Å²) in [6, 6.07) is 8.70. The van der Waals surface area contributed by atoms with Crippen LogP contribution in [0.25, 0.3) is 0 Å². The molecule has 3 rings (SSSR count). The van der Waals surface area contributed by atoms with Crippen molar-refractivity contribution in [3.63, 3.8) is 0 Å². The van der Waals surface area contributed by atoms with Gasteiger partial charge in [-0.2, -0.15) is 0 Å². The molecular formula is C13H17N5S. The lowest BCUT2D eigenvalue weighted by molar-refractivity contribution is 0.260. The fourth-order valence-corrected chi connectivity index (χ4v) is 3.16. The molecule has 1 aliphatic heterocycles. The summed E-state index contributed by atoms with van der Waals surface area (Å²) in [4.78, 5) is 2.42. The second-order valence-electron chi connectivity index (χ2n) is 4.73. The normalized spacial score (nSPS) is 15.8. The molecule has 0 aliphatic carbocycles. The third kappa shape index (κ3) is 2.91. The van der Waals surface area contributed by atoms with Gasteiger partial charge in [0.2, 0.25) is 5.13 Å². The van der Waals surface area contributed by atoms with Crippen molar-refractivity contribution in [1.29, 1.82) is 0 Å². The maximum absolute atomic E-state index is 5.33. The van der Waals surface area contributed by atoms with E-state index in [1.807, 2.05) is 0 Å². The highest BCUT2D eigenvalue weighted by molar-refractivity contribution is 7.15. The van der Waals surface area contributed by atoms with Crippen LogP contribution in [0, 0.1) is 0 Å². The van der Waals surface area contributed by atoms with E-state index in [0.717, 1.165) is 24.6 Å². The Balaban J connectivity index is 1.72. The average molecular weight is 275 g/mol. The van der Waals surface area contributed by atoms with Gasteiger partial charge in [-0.25, -0.2) is 5.84 Å². The fraction of sp³-hybridized carbons (Fsp3) is 0.385. The average Bonchev–Trinajstić information content (AvgIpc) is 2.78. The number of hydrogen-bond donors (Lipinski definition) is 2. The number of benzene rings is 1. The van der Waals surface area contributed by atoms with Crippen LogP contribution in [-0.2, 0) is 19.5 Å². The van der Waals surface area contributed by atoms with E-state index in [1.165, 1.54) is 35.3 Å². The van der Waals surface area contributed by atoms with E-state index >= 15 is 0 Å². The summed E-state index contributed by atoms with van der Waals surface area (Å²) in [6.07, 6.45) is 2.36. The molecule has 0 spiro atoms. The topological polar surface area (TPSA) is 67.1 Å². The van der Waals surface area contributed by atoms with Gasteiger partial charge in [-0.3, -0.25) is 10.3 Å². The lowest BCUT2D eigenvalue weighted by Gasteiger charge is -2.18.